The molecule has 0 saturated carbocycles. The van der Waals surface area contributed by atoms with Crippen molar-refractivity contribution in [3.8, 4) is 11.4 Å². The van der Waals surface area contributed by atoms with Crippen LogP contribution in [0.1, 0.15) is 19.3 Å². The quantitative estimate of drug-likeness (QED) is 0.592. The van der Waals surface area contributed by atoms with Crippen LogP contribution in [0.3, 0.4) is 0 Å². The van der Waals surface area contributed by atoms with Gasteiger partial charge in [-0.25, -0.2) is 4.98 Å². The van der Waals surface area contributed by atoms with Crippen molar-refractivity contribution < 1.29 is 14.7 Å². The minimum atomic E-state index is -1.39. The van der Waals surface area contributed by atoms with E-state index in [9.17, 15) is 14.7 Å². The Morgan fingerprint density at radius 2 is 2.00 bits per heavy atom. The summed E-state index contributed by atoms with van der Waals surface area (Å²) in [4.78, 5) is 28.1. The van der Waals surface area contributed by atoms with Crippen LogP contribution in [0, 0.1) is 5.41 Å². The summed E-state index contributed by atoms with van der Waals surface area (Å²) in [6.45, 7) is 0. The summed E-state index contributed by atoms with van der Waals surface area (Å²) in [5.74, 6) is -0.943. The lowest BCUT2D eigenvalue weighted by Crippen LogP contribution is -2.43. The number of amides is 1. The number of rotatable bonds is 4. The lowest BCUT2D eigenvalue weighted by molar-refractivity contribution is -0.154. The van der Waals surface area contributed by atoms with Crippen molar-refractivity contribution in [3.05, 3.63) is 42.7 Å². The van der Waals surface area contributed by atoms with Gasteiger partial charge in [0.05, 0.1) is 0 Å². The summed E-state index contributed by atoms with van der Waals surface area (Å²) in [6.07, 6.45) is 6.18. The summed E-state index contributed by atoms with van der Waals surface area (Å²) >= 11 is 0. The molecule has 3 rings (SSSR count). The molecule has 1 aliphatic rings. The van der Waals surface area contributed by atoms with Gasteiger partial charge in [0.15, 0.2) is 5.82 Å². The minimum absolute atomic E-state index is 0.213. The van der Waals surface area contributed by atoms with Crippen LogP contribution in [-0.2, 0) is 9.59 Å². The molecule has 0 radical (unpaired) electrons. The zero-order chi connectivity index (χ0) is 16.3. The molecule has 1 atom stereocenters. The smallest absolute Gasteiger partial charge is 0.319 e. The first-order valence-corrected chi connectivity index (χ1v) is 7.27. The van der Waals surface area contributed by atoms with E-state index in [0.29, 0.717) is 24.4 Å². The first-order valence-electron chi connectivity index (χ1n) is 7.27. The molecule has 0 fully saturated rings. The lowest BCUT2D eigenvalue weighted by Gasteiger charge is -2.29. The number of aliphatic carboxylic acids is 1. The number of hydrogen-bond acceptors (Lipinski definition) is 4. The highest BCUT2D eigenvalue weighted by molar-refractivity contribution is 6.08. The van der Waals surface area contributed by atoms with Crippen molar-refractivity contribution in [2.45, 2.75) is 19.3 Å². The Labute approximate surface area is 132 Å². The molecule has 2 aromatic rings. The molecule has 0 spiro atoms. The summed E-state index contributed by atoms with van der Waals surface area (Å²) in [6, 6.07) is 6.99. The number of nitrogens with zero attached hydrogens (tertiary/aromatic N) is 2. The summed E-state index contributed by atoms with van der Waals surface area (Å²) in [5.41, 5.74) is -0.0132. The third kappa shape index (κ3) is 2.85. The molecule has 0 saturated heterocycles. The van der Waals surface area contributed by atoms with Crippen molar-refractivity contribution >= 4 is 17.6 Å². The Balaban J connectivity index is 1.77. The predicted octanol–water partition coefficient (Wildman–Crippen LogP) is 2.22. The van der Waals surface area contributed by atoms with Crippen molar-refractivity contribution in [1.82, 2.24) is 15.2 Å². The van der Waals surface area contributed by atoms with E-state index in [-0.39, 0.29) is 6.42 Å². The number of carbonyl (C=O) groups is 2. The highest BCUT2D eigenvalue weighted by atomic mass is 16.4. The molecule has 118 valence electrons. The first kappa shape index (κ1) is 15.0. The number of benzene rings is 1. The van der Waals surface area contributed by atoms with Gasteiger partial charge in [-0.15, -0.1) is 0 Å². The highest BCUT2D eigenvalue weighted by Crippen LogP contribution is 2.34. The third-order valence-corrected chi connectivity index (χ3v) is 4.05. The Kier molecular flexibility index (Phi) is 3.92. The number of nitrogens with one attached hydrogen (secondary N) is 2. The van der Waals surface area contributed by atoms with Crippen LogP contribution in [0.4, 0.5) is 5.69 Å². The van der Waals surface area contributed by atoms with Gasteiger partial charge >= 0.3 is 5.97 Å². The number of hydrogen-bond donors (Lipinski definition) is 3. The van der Waals surface area contributed by atoms with Crippen LogP contribution < -0.4 is 5.32 Å². The van der Waals surface area contributed by atoms with Gasteiger partial charge < -0.3 is 10.4 Å². The van der Waals surface area contributed by atoms with Gasteiger partial charge in [0, 0.05) is 11.3 Å². The molecule has 1 amide bonds. The molecule has 23 heavy (non-hydrogen) atoms. The summed E-state index contributed by atoms with van der Waals surface area (Å²) in [7, 11) is 0. The number of H-pyrrole nitrogens is 1. The molecular weight excluding hydrogens is 296 g/mol. The van der Waals surface area contributed by atoms with Crippen molar-refractivity contribution in [3.63, 3.8) is 0 Å². The van der Waals surface area contributed by atoms with Crippen LogP contribution in [0.15, 0.2) is 42.7 Å². The van der Waals surface area contributed by atoms with Gasteiger partial charge in [0.2, 0.25) is 5.91 Å². The van der Waals surface area contributed by atoms with Gasteiger partial charge in [0.1, 0.15) is 11.7 Å². The second-order valence-corrected chi connectivity index (χ2v) is 5.47. The minimum Gasteiger partial charge on any atom is -0.480 e. The molecule has 3 N–H and O–H groups in total. The standard InChI is InChI=1S/C16H16N4O3/c21-14(16(15(22)23)8-2-1-3-9-16)19-12-6-4-11(5-7-12)13-17-10-18-20-13/h1-2,4-7,10H,3,8-9H2,(H,19,21)(H,22,23)(H,17,18,20). The second-order valence-electron chi connectivity index (χ2n) is 5.47. The predicted molar refractivity (Wildman–Crippen MR) is 83.5 cm³/mol. The zero-order valence-corrected chi connectivity index (χ0v) is 12.3. The number of carbonyl (C=O) groups excluding carboxylic acids is 1. The number of carboxylic acids is 1. The maximum Gasteiger partial charge on any atom is 0.319 e. The van der Waals surface area contributed by atoms with Gasteiger partial charge in [-0.1, -0.05) is 12.2 Å². The normalized spacial score (nSPS) is 20.2. The zero-order valence-electron chi connectivity index (χ0n) is 12.3. The molecule has 1 heterocycles. The molecule has 1 aliphatic carbocycles. The average molecular weight is 312 g/mol. The Morgan fingerprint density at radius 1 is 1.22 bits per heavy atom. The molecular formula is C16H16N4O3. The lowest BCUT2D eigenvalue weighted by atomic mass is 9.76. The maximum absolute atomic E-state index is 12.5. The van der Waals surface area contributed by atoms with Crippen molar-refractivity contribution in [2.24, 2.45) is 5.41 Å². The Bertz CT molecular complexity index is 737. The fourth-order valence-corrected chi connectivity index (χ4v) is 2.64. The molecule has 0 bridgehead atoms. The third-order valence-electron chi connectivity index (χ3n) is 4.05. The average Bonchev–Trinajstić information content (AvgIpc) is 3.10. The van der Waals surface area contributed by atoms with Crippen LogP contribution in [-0.4, -0.2) is 32.2 Å². The number of aromatic nitrogens is 3. The van der Waals surface area contributed by atoms with Crippen molar-refractivity contribution in [1.29, 1.82) is 0 Å². The fourth-order valence-electron chi connectivity index (χ4n) is 2.64. The molecule has 1 unspecified atom stereocenters. The second kappa shape index (κ2) is 6.04. The van der Waals surface area contributed by atoms with E-state index in [1.165, 1.54) is 6.33 Å². The van der Waals surface area contributed by atoms with E-state index >= 15 is 0 Å². The van der Waals surface area contributed by atoms with Crippen LogP contribution >= 0.6 is 0 Å². The molecule has 7 heteroatoms. The number of carboxylic acid groups (broad SMARTS) is 1. The van der Waals surface area contributed by atoms with Crippen LogP contribution in [0.25, 0.3) is 11.4 Å². The topological polar surface area (TPSA) is 108 Å². The summed E-state index contributed by atoms with van der Waals surface area (Å²) in [5, 5.41) is 18.7. The Morgan fingerprint density at radius 3 is 2.57 bits per heavy atom. The van der Waals surface area contributed by atoms with Crippen molar-refractivity contribution in [2.75, 3.05) is 5.32 Å². The highest BCUT2D eigenvalue weighted by Gasteiger charge is 2.45. The Hall–Kier alpha value is -2.96. The van der Waals surface area contributed by atoms with Gasteiger partial charge in [-0.05, 0) is 43.5 Å². The van der Waals surface area contributed by atoms with E-state index < -0.39 is 17.3 Å². The van der Waals surface area contributed by atoms with E-state index in [1.54, 1.807) is 30.3 Å². The molecule has 7 nitrogen and oxygen atoms in total. The SMILES string of the molecule is O=C(O)C1(C(=O)Nc2ccc(-c3ncn[nH]3)cc2)CC=CCC1. The van der Waals surface area contributed by atoms with Crippen LogP contribution in [0.2, 0.25) is 0 Å². The summed E-state index contributed by atoms with van der Waals surface area (Å²) < 4.78 is 0. The van der Waals surface area contributed by atoms with E-state index in [4.69, 9.17) is 0 Å². The van der Waals surface area contributed by atoms with Gasteiger partial charge in [0.25, 0.3) is 0 Å². The van der Waals surface area contributed by atoms with E-state index in [2.05, 4.69) is 20.5 Å². The molecule has 0 aliphatic heterocycles. The fraction of sp³-hybridized carbons (Fsp3) is 0.250. The van der Waals surface area contributed by atoms with E-state index in [0.717, 1.165) is 5.56 Å². The van der Waals surface area contributed by atoms with Crippen LogP contribution in [0.5, 0.6) is 0 Å². The number of anilines is 1. The van der Waals surface area contributed by atoms with Gasteiger partial charge in [-0.3, -0.25) is 14.7 Å². The molecule has 1 aromatic carbocycles. The first-order chi connectivity index (χ1) is 11.1. The molecule has 1 aromatic heterocycles. The number of aromatic amines is 1. The van der Waals surface area contributed by atoms with Gasteiger partial charge in [-0.2, -0.15) is 5.10 Å². The van der Waals surface area contributed by atoms with E-state index in [1.807, 2.05) is 6.08 Å². The largest absolute Gasteiger partial charge is 0.480 e. The monoisotopic (exact) mass is 312 g/mol. The number of allylic oxidation sites excluding steroid dienone is 2. The maximum atomic E-state index is 12.5.